The second-order valence-corrected chi connectivity index (χ2v) is 8.13. The first-order valence-corrected chi connectivity index (χ1v) is 10.6. The van der Waals surface area contributed by atoms with Gasteiger partial charge >= 0.3 is 0 Å². The van der Waals surface area contributed by atoms with Crippen molar-refractivity contribution in [2.45, 2.75) is 43.5 Å². The number of hydrogen-bond donors (Lipinski definition) is 2. The Kier molecular flexibility index (Phi) is 9.29. The lowest BCUT2D eigenvalue weighted by Gasteiger charge is -2.31. The molecule has 1 aromatic carbocycles. The summed E-state index contributed by atoms with van der Waals surface area (Å²) in [4.78, 5) is 27.1. The molecule has 0 spiro atoms. The third-order valence-electron chi connectivity index (χ3n) is 4.30. The summed E-state index contributed by atoms with van der Waals surface area (Å²) in [6.45, 7) is 4.94. The highest BCUT2D eigenvalue weighted by Gasteiger charge is 2.21. The van der Waals surface area contributed by atoms with Crippen molar-refractivity contribution in [3.8, 4) is 0 Å². The Morgan fingerprint density at radius 1 is 1.19 bits per heavy atom. The molecule has 5 nitrogen and oxygen atoms in total. The van der Waals surface area contributed by atoms with Crippen molar-refractivity contribution in [1.82, 2.24) is 15.5 Å². The van der Waals surface area contributed by atoms with Gasteiger partial charge in [-0.2, -0.15) is 0 Å². The maximum atomic E-state index is 12.1. The minimum absolute atomic E-state index is 0.0913. The molecule has 7 heteroatoms. The van der Waals surface area contributed by atoms with E-state index in [0.717, 1.165) is 54.6 Å². The first-order chi connectivity index (χ1) is 12.6. The van der Waals surface area contributed by atoms with Crippen LogP contribution in [0.3, 0.4) is 0 Å². The quantitative estimate of drug-likeness (QED) is 0.629. The molecule has 0 atom stereocenters. The Hall–Kier alpha value is -1.24. The molecule has 1 aromatic rings. The fraction of sp³-hybridized carbons (Fsp3) is 0.579. The zero-order valence-corrected chi connectivity index (χ0v) is 16.9. The second kappa shape index (κ2) is 11.5. The Balaban J connectivity index is 1.58. The molecule has 2 amide bonds. The van der Waals surface area contributed by atoms with Crippen molar-refractivity contribution in [2.75, 3.05) is 31.9 Å². The van der Waals surface area contributed by atoms with Gasteiger partial charge in [-0.05, 0) is 43.5 Å². The minimum Gasteiger partial charge on any atom is -0.355 e. The third-order valence-corrected chi connectivity index (χ3v) is 5.57. The number of nitrogens with one attached hydrogen (secondary N) is 2. The summed E-state index contributed by atoms with van der Waals surface area (Å²) < 4.78 is 0. The van der Waals surface area contributed by atoms with Crippen LogP contribution < -0.4 is 10.6 Å². The largest absolute Gasteiger partial charge is 0.355 e. The summed E-state index contributed by atoms with van der Waals surface area (Å²) in [7, 11) is 0. The molecule has 144 valence electrons. The van der Waals surface area contributed by atoms with Gasteiger partial charge in [-0.25, -0.2) is 0 Å². The normalized spacial score (nSPS) is 15.6. The molecule has 0 bridgehead atoms. The molecule has 1 saturated heterocycles. The SMILES string of the molecule is CCCNC(=O)CN1CCC(NC(=O)CCSc2ccc(Cl)cc2)CC1. The number of piperidine rings is 1. The van der Waals surface area contributed by atoms with Crippen molar-refractivity contribution in [3.05, 3.63) is 29.3 Å². The molecule has 1 aliphatic heterocycles. The monoisotopic (exact) mass is 397 g/mol. The Morgan fingerprint density at radius 2 is 1.88 bits per heavy atom. The smallest absolute Gasteiger partial charge is 0.234 e. The lowest BCUT2D eigenvalue weighted by atomic mass is 10.0. The molecule has 1 heterocycles. The van der Waals surface area contributed by atoms with Gasteiger partial charge in [0.2, 0.25) is 11.8 Å². The molecule has 1 aliphatic rings. The van der Waals surface area contributed by atoms with Gasteiger partial charge in [-0.3, -0.25) is 14.5 Å². The molecule has 2 N–H and O–H groups in total. The van der Waals surface area contributed by atoms with Crippen LogP contribution in [0.4, 0.5) is 0 Å². The van der Waals surface area contributed by atoms with Crippen LogP contribution in [0.2, 0.25) is 5.02 Å². The van der Waals surface area contributed by atoms with Crippen LogP contribution in [0.25, 0.3) is 0 Å². The van der Waals surface area contributed by atoms with Crippen molar-refractivity contribution in [2.24, 2.45) is 0 Å². The van der Waals surface area contributed by atoms with Crippen LogP contribution in [0.15, 0.2) is 29.2 Å². The number of amides is 2. The number of carbonyl (C=O) groups excluding carboxylic acids is 2. The molecule has 0 aliphatic carbocycles. The average Bonchev–Trinajstić information content (AvgIpc) is 2.63. The summed E-state index contributed by atoms with van der Waals surface area (Å²) >= 11 is 7.53. The van der Waals surface area contributed by atoms with Crippen LogP contribution in [-0.2, 0) is 9.59 Å². The van der Waals surface area contributed by atoms with Crippen molar-refractivity contribution >= 4 is 35.2 Å². The highest BCUT2D eigenvalue weighted by molar-refractivity contribution is 7.99. The van der Waals surface area contributed by atoms with E-state index in [0.29, 0.717) is 13.0 Å². The van der Waals surface area contributed by atoms with E-state index in [2.05, 4.69) is 15.5 Å². The molecule has 0 saturated carbocycles. The van der Waals surface area contributed by atoms with Gasteiger partial charge in [0, 0.05) is 47.8 Å². The van der Waals surface area contributed by atoms with Crippen molar-refractivity contribution in [3.63, 3.8) is 0 Å². The van der Waals surface area contributed by atoms with Crippen molar-refractivity contribution < 1.29 is 9.59 Å². The van der Waals surface area contributed by atoms with E-state index < -0.39 is 0 Å². The molecule has 2 rings (SSSR count). The highest BCUT2D eigenvalue weighted by Crippen LogP contribution is 2.21. The van der Waals surface area contributed by atoms with Crippen LogP contribution in [-0.4, -0.2) is 54.7 Å². The van der Waals surface area contributed by atoms with Crippen LogP contribution >= 0.6 is 23.4 Å². The molecule has 0 unspecified atom stereocenters. The van der Waals surface area contributed by atoms with E-state index >= 15 is 0 Å². The standard InChI is InChI=1S/C19H28ClN3O2S/c1-2-10-21-19(25)14-23-11-7-16(8-12-23)22-18(24)9-13-26-17-5-3-15(20)4-6-17/h3-6,16H,2,7-14H2,1H3,(H,21,25)(H,22,24). The number of hydrogen-bond acceptors (Lipinski definition) is 4. The summed E-state index contributed by atoms with van der Waals surface area (Å²) in [5.41, 5.74) is 0. The summed E-state index contributed by atoms with van der Waals surface area (Å²) in [5, 5.41) is 6.75. The fourth-order valence-electron chi connectivity index (χ4n) is 2.85. The van der Waals surface area contributed by atoms with Crippen LogP contribution in [0.5, 0.6) is 0 Å². The number of nitrogens with zero attached hydrogens (tertiary/aromatic N) is 1. The average molecular weight is 398 g/mol. The Morgan fingerprint density at radius 3 is 2.54 bits per heavy atom. The molecular formula is C19H28ClN3O2S. The van der Waals surface area contributed by atoms with E-state index in [1.54, 1.807) is 11.8 Å². The van der Waals surface area contributed by atoms with E-state index in [9.17, 15) is 9.59 Å². The second-order valence-electron chi connectivity index (χ2n) is 6.52. The molecular weight excluding hydrogens is 370 g/mol. The first kappa shape index (κ1) is 21.1. The van der Waals surface area contributed by atoms with Gasteiger partial charge in [0.25, 0.3) is 0 Å². The van der Waals surface area contributed by atoms with Crippen molar-refractivity contribution in [1.29, 1.82) is 0 Å². The topological polar surface area (TPSA) is 61.4 Å². The van der Waals surface area contributed by atoms with E-state index in [-0.39, 0.29) is 17.9 Å². The highest BCUT2D eigenvalue weighted by atomic mass is 35.5. The molecule has 26 heavy (non-hydrogen) atoms. The lowest BCUT2D eigenvalue weighted by Crippen LogP contribution is -2.47. The number of carbonyl (C=O) groups is 2. The third kappa shape index (κ3) is 7.98. The molecule has 1 fully saturated rings. The number of halogens is 1. The van der Waals surface area contributed by atoms with Gasteiger partial charge in [0.05, 0.1) is 6.54 Å². The first-order valence-electron chi connectivity index (χ1n) is 9.23. The zero-order chi connectivity index (χ0) is 18.8. The van der Waals surface area contributed by atoms with Gasteiger partial charge < -0.3 is 10.6 Å². The van der Waals surface area contributed by atoms with E-state index in [1.807, 2.05) is 31.2 Å². The van der Waals surface area contributed by atoms with Crippen LogP contribution in [0.1, 0.15) is 32.6 Å². The lowest BCUT2D eigenvalue weighted by molar-refractivity contribution is -0.124. The van der Waals surface area contributed by atoms with Gasteiger partial charge in [0.1, 0.15) is 0 Å². The number of thioether (sulfide) groups is 1. The summed E-state index contributed by atoms with van der Waals surface area (Å²) in [5.74, 6) is 0.948. The summed E-state index contributed by atoms with van der Waals surface area (Å²) in [6.07, 6.45) is 3.26. The minimum atomic E-state index is 0.0913. The molecule has 0 aromatic heterocycles. The Bertz CT molecular complexity index is 575. The predicted molar refractivity (Wildman–Crippen MR) is 108 cm³/mol. The number of likely N-dealkylation sites (tertiary alicyclic amines) is 1. The number of benzene rings is 1. The maximum Gasteiger partial charge on any atom is 0.234 e. The maximum absolute atomic E-state index is 12.1. The summed E-state index contributed by atoms with van der Waals surface area (Å²) in [6, 6.07) is 7.88. The predicted octanol–water partition coefficient (Wildman–Crippen LogP) is 2.93. The number of rotatable bonds is 9. The zero-order valence-electron chi connectivity index (χ0n) is 15.3. The molecule has 0 radical (unpaired) electrons. The Labute approximate surface area is 165 Å². The van der Waals surface area contributed by atoms with E-state index in [4.69, 9.17) is 11.6 Å². The van der Waals surface area contributed by atoms with Crippen LogP contribution in [0, 0.1) is 0 Å². The van der Waals surface area contributed by atoms with E-state index in [1.165, 1.54) is 0 Å². The van der Waals surface area contributed by atoms with Gasteiger partial charge in [-0.15, -0.1) is 11.8 Å². The fourth-order valence-corrected chi connectivity index (χ4v) is 3.83. The van der Waals surface area contributed by atoms with Gasteiger partial charge in [0.15, 0.2) is 0 Å². The van der Waals surface area contributed by atoms with Gasteiger partial charge in [-0.1, -0.05) is 18.5 Å².